The average molecular weight is 432 g/mol. The number of aryl methyl sites for hydroxylation is 2. The number of anilines is 2. The van der Waals surface area contributed by atoms with Crippen LogP contribution in [0.25, 0.3) is 11.0 Å². The smallest absolute Gasteiger partial charge is 0.370 e. The van der Waals surface area contributed by atoms with Gasteiger partial charge in [0.2, 0.25) is 5.95 Å². The van der Waals surface area contributed by atoms with Crippen molar-refractivity contribution in [1.29, 1.82) is 0 Å². The molecule has 4 rings (SSSR count). The molecule has 3 heterocycles. The second kappa shape index (κ2) is 6.96. The first-order valence-corrected chi connectivity index (χ1v) is 9.50. The van der Waals surface area contributed by atoms with Crippen molar-refractivity contribution in [2.45, 2.75) is 32.6 Å². The Labute approximate surface area is 174 Å². The number of nitrogens with one attached hydrogen (secondary N) is 3. The Kier molecular flexibility index (Phi) is 4.64. The van der Waals surface area contributed by atoms with Gasteiger partial charge in [-0.05, 0) is 56.2 Å². The van der Waals surface area contributed by atoms with Gasteiger partial charge in [0.25, 0.3) is 17.5 Å². The van der Waals surface area contributed by atoms with E-state index in [0.29, 0.717) is 16.9 Å². The lowest BCUT2D eigenvalue weighted by atomic mass is 10.1. The zero-order valence-corrected chi connectivity index (χ0v) is 16.9. The van der Waals surface area contributed by atoms with E-state index in [1.165, 1.54) is 18.2 Å². The van der Waals surface area contributed by atoms with Gasteiger partial charge in [-0.25, -0.2) is 9.97 Å². The molecule has 1 aliphatic rings. The standard InChI is InChI=1S/C20H19F3N6O2/c1-4-24-15-7-5-6-12(25-15)16(30)28-19(20(21,22)23)17(31)27-18-26-13-8-10(2)11(3)9-14(13)29(18)19/h5-9H,4H2,1-3H3,(H,24,25)(H,28,30)(H,26,27,31). The molecule has 8 nitrogen and oxygen atoms in total. The van der Waals surface area contributed by atoms with E-state index < -0.39 is 23.7 Å². The molecule has 0 spiro atoms. The summed E-state index contributed by atoms with van der Waals surface area (Å²) in [4.78, 5) is 33.6. The van der Waals surface area contributed by atoms with E-state index in [1.807, 2.05) is 12.2 Å². The molecule has 1 unspecified atom stereocenters. The van der Waals surface area contributed by atoms with E-state index in [2.05, 4.69) is 20.6 Å². The first kappa shape index (κ1) is 20.6. The molecular weight excluding hydrogens is 413 g/mol. The summed E-state index contributed by atoms with van der Waals surface area (Å²) in [5.74, 6) is -2.56. The lowest BCUT2D eigenvalue weighted by molar-refractivity contribution is -0.213. The molecular formula is C20H19F3N6O2. The molecule has 1 aliphatic heterocycles. The Morgan fingerprint density at radius 2 is 1.90 bits per heavy atom. The van der Waals surface area contributed by atoms with Crippen LogP contribution in [0.15, 0.2) is 30.3 Å². The molecule has 1 atom stereocenters. The Bertz CT molecular complexity index is 1220. The van der Waals surface area contributed by atoms with Crippen LogP contribution in [0.2, 0.25) is 0 Å². The van der Waals surface area contributed by atoms with Crippen LogP contribution in [0.3, 0.4) is 0 Å². The van der Waals surface area contributed by atoms with Gasteiger partial charge < -0.3 is 10.6 Å². The number of alkyl halides is 3. The summed E-state index contributed by atoms with van der Waals surface area (Å²) in [5, 5.41) is 6.93. The van der Waals surface area contributed by atoms with Crippen molar-refractivity contribution >= 4 is 34.6 Å². The Morgan fingerprint density at radius 1 is 1.19 bits per heavy atom. The monoisotopic (exact) mass is 432 g/mol. The normalized spacial score (nSPS) is 18.1. The van der Waals surface area contributed by atoms with Crippen molar-refractivity contribution in [3.63, 3.8) is 0 Å². The average Bonchev–Trinajstić information content (AvgIpc) is 3.16. The first-order valence-electron chi connectivity index (χ1n) is 9.50. The van der Waals surface area contributed by atoms with Gasteiger partial charge in [0, 0.05) is 6.54 Å². The highest BCUT2D eigenvalue weighted by atomic mass is 19.4. The van der Waals surface area contributed by atoms with Crippen LogP contribution >= 0.6 is 0 Å². The predicted octanol–water partition coefficient (Wildman–Crippen LogP) is 3.08. The molecule has 2 amide bonds. The molecule has 0 aliphatic carbocycles. The Balaban J connectivity index is 1.87. The maximum absolute atomic E-state index is 14.4. The minimum atomic E-state index is -5.16. The summed E-state index contributed by atoms with van der Waals surface area (Å²) >= 11 is 0. The van der Waals surface area contributed by atoms with E-state index in [4.69, 9.17) is 0 Å². The van der Waals surface area contributed by atoms with Crippen molar-refractivity contribution in [1.82, 2.24) is 19.9 Å². The Morgan fingerprint density at radius 3 is 2.58 bits per heavy atom. The highest BCUT2D eigenvalue weighted by Crippen LogP contribution is 2.44. The zero-order valence-electron chi connectivity index (χ0n) is 16.9. The van der Waals surface area contributed by atoms with Gasteiger partial charge >= 0.3 is 6.18 Å². The highest BCUT2D eigenvalue weighted by Gasteiger charge is 2.67. The van der Waals surface area contributed by atoms with E-state index in [-0.39, 0.29) is 22.7 Å². The largest absolute Gasteiger partial charge is 0.440 e. The van der Waals surface area contributed by atoms with Crippen LogP contribution in [0.1, 0.15) is 28.5 Å². The number of fused-ring (bicyclic) bond motifs is 3. The fourth-order valence-corrected chi connectivity index (χ4v) is 3.56. The van der Waals surface area contributed by atoms with Gasteiger partial charge in [0.05, 0.1) is 11.0 Å². The minimum Gasteiger partial charge on any atom is -0.370 e. The van der Waals surface area contributed by atoms with Crippen LogP contribution in [0.4, 0.5) is 24.9 Å². The molecule has 3 N–H and O–H groups in total. The van der Waals surface area contributed by atoms with Gasteiger partial charge in [-0.1, -0.05) is 6.07 Å². The summed E-state index contributed by atoms with van der Waals surface area (Å²) in [5.41, 5.74) is -1.73. The Hall–Kier alpha value is -3.63. The van der Waals surface area contributed by atoms with Gasteiger partial charge in [-0.2, -0.15) is 13.2 Å². The maximum Gasteiger partial charge on any atom is 0.440 e. The molecule has 31 heavy (non-hydrogen) atoms. The van der Waals surface area contributed by atoms with E-state index in [0.717, 1.165) is 11.1 Å². The number of hydrogen-bond donors (Lipinski definition) is 3. The number of aromatic nitrogens is 3. The number of halogens is 3. The van der Waals surface area contributed by atoms with E-state index in [9.17, 15) is 22.8 Å². The summed E-state index contributed by atoms with van der Waals surface area (Å²) in [7, 11) is 0. The van der Waals surface area contributed by atoms with Crippen molar-refractivity contribution in [3.8, 4) is 0 Å². The van der Waals surface area contributed by atoms with Gasteiger partial charge in [-0.3, -0.25) is 19.5 Å². The molecule has 0 saturated carbocycles. The van der Waals surface area contributed by atoms with E-state index in [1.54, 1.807) is 26.0 Å². The van der Waals surface area contributed by atoms with Gasteiger partial charge in [0.1, 0.15) is 11.5 Å². The topological polar surface area (TPSA) is 101 Å². The number of carbonyl (C=O) groups is 2. The highest BCUT2D eigenvalue weighted by molar-refractivity contribution is 6.06. The third-order valence-electron chi connectivity index (χ3n) is 5.20. The molecule has 3 aromatic rings. The van der Waals surface area contributed by atoms with Crippen LogP contribution in [0, 0.1) is 13.8 Å². The minimum absolute atomic E-state index is 0.0726. The number of imidazole rings is 1. The molecule has 11 heteroatoms. The fourth-order valence-electron chi connectivity index (χ4n) is 3.56. The molecule has 0 saturated heterocycles. The molecule has 0 bridgehead atoms. The van der Waals surface area contributed by atoms with Crippen LogP contribution in [-0.2, 0) is 10.5 Å². The van der Waals surface area contributed by atoms with Crippen LogP contribution in [0.5, 0.6) is 0 Å². The number of hydrogen-bond acceptors (Lipinski definition) is 5. The second-order valence-electron chi connectivity index (χ2n) is 7.25. The summed E-state index contributed by atoms with van der Waals surface area (Å²) in [6.45, 7) is 5.87. The number of carbonyl (C=O) groups excluding carboxylic acids is 2. The van der Waals surface area contributed by atoms with Crippen molar-refractivity contribution in [2.24, 2.45) is 0 Å². The van der Waals surface area contributed by atoms with Crippen LogP contribution in [-0.4, -0.2) is 39.1 Å². The molecule has 2 aromatic heterocycles. The lowest BCUT2D eigenvalue weighted by Gasteiger charge is -2.31. The first-order chi connectivity index (χ1) is 14.6. The van der Waals surface area contributed by atoms with E-state index >= 15 is 0 Å². The van der Waals surface area contributed by atoms with Gasteiger partial charge in [-0.15, -0.1) is 0 Å². The second-order valence-corrected chi connectivity index (χ2v) is 7.25. The number of benzene rings is 1. The third kappa shape index (κ3) is 3.07. The SMILES string of the molecule is CCNc1cccc(C(=O)NC2(C(F)(F)F)C(=O)Nc3nc4cc(C)c(C)cc4n32)n1. The lowest BCUT2D eigenvalue weighted by Crippen LogP contribution is -2.63. The number of nitrogens with zero attached hydrogens (tertiary/aromatic N) is 3. The summed E-state index contributed by atoms with van der Waals surface area (Å²) in [6.07, 6.45) is -5.16. The number of amides is 2. The van der Waals surface area contributed by atoms with Crippen molar-refractivity contribution in [3.05, 3.63) is 47.2 Å². The zero-order chi connectivity index (χ0) is 22.6. The predicted molar refractivity (Wildman–Crippen MR) is 108 cm³/mol. The summed E-state index contributed by atoms with van der Waals surface area (Å²) in [6, 6.07) is 7.48. The number of pyridine rings is 1. The van der Waals surface area contributed by atoms with Crippen molar-refractivity contribution in [2.75, 3.05) is 17.2 Å². The molecule has 0 radical (unpaired) electrons. The summed E-state index contributed by atoms with van der Waals surface area (Å²) < 4.78 is 44.0. The van der Waals surface area contributed by atoms with Gasteiger partial charge in [0.15, 0.2) is 0 Å². The maximum atomic E-state index is 14.4. The number of rotatable bonds is 4. The molecule has 1 aromatic carbocycles. The third-order valence-corrected chi connectivity index (χ3v) is 5.20. The van der Waals surface area contributed by atoms with Crippen molar-refractivity contribution < 1.29 is 22.8 Å². The molecule has 162 valence electrons. The fraction of sp³-hybridized carbons (Fsp3) is 0.300. The van der Waals surface area contributed by atoms with Crippen LogP contribution < -0.4 is 16.0 Å². The molecule has 0 fully saturated rings. The quantitative estimate of drug-likeness (QED) is 0.588.